The lowest BCUT2D eigenvalue weighted by Gasteiger charge is -2.13. The quantitative estimate of drug-likeness (QED) is 0.177. The second kappa shape index (κ2) is 18.6. The first-order chi connectivity index (χ1) is 18.7. The van der Waals surface area contributed by atoms with E-state index in [0.29, 0.717) is 5.75 Å². The molecule has 0 saturated carbocycles. The summed E-state index contributed by atoms with van der Waals surface area (Å²) in [5.41, 5.74) is 0.112. The highest BCUT2D eigenvalue weighted by atomic mass is 32.2. The van der Waals surface area contributed by atoms with E-state index in [4.69, 9.17) is 14.9 Å². The Kier molecular flexibility index (Phi) is 16.5. The highest BCUT2D eigenvalue weighted by Gasteiger charge is 2.45. The fourth-order valence-corrected chi connectivity index (χ4v) is 8.15. The van der Waals surface area contributed by atoms with Crippen LogP contribution in [0.2, 0.25) is 0 Å². The SMILES string of the molecule is CC(=O)OC1S[C@H](CO)[C@@H](O)[C@@H]1F.CCCCCCCCOc1ccc(CS[C@H]2S[C@H](CO)[C@@H](O)[C@@H]2F)cc1. The largest absolute Gasteiger partial charge is 0.494 e. The van der Waals surface area contributed by atoms with Gasteiger partial charge in [0.25, 0.3) is 0 Å². The summed E-state index contributed by atoms with van der Waals surface area (Å²) < 4.78 is 37.2. The highest BCUT2D eigenvalue weighted by Crippen LogP contribution is 2.43. The Bertz CT molecular complexity index is 823. The van der Waals surface area contributed by atoms with Crippen molar-refractivity contribution in [1.29, 1.82) is 0 Å². The van der Waals surface area contributed by atoms with E-state index >= 15 is 0 Å². The molecule has 1 aromatic rings. The van der Waals surface area contributed by atoms with Crippen LogP contribution in [0.4, 0.5) is 8.78 Å². The third-order valence-corrected chi connectivity index (χ3v) is 10.8. The van der Waals surface area contributed by atoms with E-state index in [-0.39, 0.29) is 17.8 Å². The summed E-state index contributed by atoms with van der Waals surface area (Å²) in [5.74, 6) is 0.966. The smallest absolute Gasteiger partial charge is 0.303 e. The van der Waals surface area contributed by atoms with Gasteiger partial charge in [-0.05, 0) is 24.1 Å². The molecule has 8 atom stereocenters. The maximum Gasteiger partial charge on any atom is 0.303 e. The van der Waals surface area contributed by atoms with Crippen LogP contribution in [-0.4, -0.2) is 91.3 Å². The second-order valence-electron chi connectivity index (χ2n) is 9.50. The van der Waals surface area contributed by atoms with E-state index in [1.165, 1.54) is 62.6 Å². The minimum absolute atomic E-state index is 0.187. The normalized spacial score (nSPS) is 30.1. The van der Waals surface area contributed by atoms with Gasteiger partial charge in [-0.1, -0.05) is 51.2 Å². The fourth-order valence-electron chi connectivity index (χ4n) is 4.01. The van der Waals surface area contributed by atoms with Gasteiger partial charge in [0.05, 0.1) is 34.9 Å². The summed E-state index contributed by atoms with van der Waals surface area (Å²) in [6.07, 6.45) is 2.27. The highest BCUT2D eigenvalue weighted by molar-refractivity contribution is 8.17. The molecule has 0 spiro atoms. The Hall–Kier alpha value is -0.760. The van der Waals surface area contributed by atoms with Crippen LogP contribution >= 0.6 is 35.3 Å². The first kappa shape index (κ1) is 34.4. The monoisotopic (exact) mass is 612 g/mol. The molecular weight excluding hydrogens is 570 g/mol. The molecule has 0 amide bonds. The number of rotatable bonds is 14. The Morgan fingerprint density at radius 2 is 1.51 bits per heavy atom. The number of benzene rings is 1. The second-order valence-corrected chi connectivity index (χ2v) is 13.7. The van der Waals surface area contributed by atoms with Gasteiger partial charge in [-0.3, -0.25) is 4.79 Å². The van der Waals surface area contributed by atoms with Crippen LogP contribution in [0.1, 0.15) is 57.9 Å². The lowest BCUT2D eigenvalue weighted by molar-refractivity contribution is -0.145. The van der Waals surface area contributed by atoms with Crippen molar-refractivity contribution >= 4 is 41.3 Å². The van der Waals surface area contributed by atoms with E-state index in [0.717, 1.165) is 36.1 Å². The summed E-state index contributed by atoms with van der Waals surface area (Å²) >= 11 is 3.75. The van der Waals surface area contributed by atoms with Crippen molar-refractivity contribution in [3.63, 3.8) is 0 Å². The van der Waals surface area contributed by atoms with Gasteiger partial charge in [-0.15, -0.1) is 35.3 Å². The summed E-state index contributed by atoms with van der Waals surface area (Å²) in [6.45, 7) is 3.63. The zero-order valence-corrected chi connectivity index (χ0v) is 24.9. The molecule has 1 aromatic carbocycles. The molecule has 2 aliphatic heterocycles. The van der Waals surface area contributed by atoms with Crippen LogP contribution in [0.5, 0.6) is 5.75 Å². The molecule has 0 aliphatic carbocycles. The number of hydrogen-bond donors (Lipinski definition) is 4. The number of thioether (sulfide) groups is 3. The van der Waals surface area contributed by atoms with Gasteiger partial charge in [-0.25, -0.2) is 8.78 Å². The molecule has 0 radical (unpaired) electrons. The molecule has 2 aliphatic rings. The van der Waals surface area contributed by atoms with Crippen molar-refractivity contribution in [2.24, 2.45) is 0 Å². The van der Waals surface area contributed by atoms with Crippen molar-refractivity contribution in [3.8, 4) is 5.75 Å². The standard InChI is InChI=1S/C20H31FO3S2.C7H11FO4S/c1-2-3-4-5-6-7-12-24-16-10-8-15(9-11-16)14-25-20-18(21)19(23)17(13-22)26-20;1-3(10)12-7-5(8)6(11)4(2-9)13-7/h8-11,17-20,22-23H,2-7,12-14H2,1H3;4-7,9,11H,2H2,1H3/t17-,18+,19-,20+;4-,5+,6-,7?/m11/s1. The van der Waals surface area contributed by atoms with Gasteiger partial charge in [0.1, 0.15) is 24.1 Å². The molecule has 3 rings (SSSR count). The molecule has 224 valence electrons. The average molecular weight is 613 g/mol. The Morgan fingerprint density at radius 3 is 2.08 bits per heavy atom. The molecule has 1 unspecified atom stereocenters. The first-order valence-corrected chi connectivity index (χ1v) is 16.3. The molecule has 0 bridgehead atoms. The van der Waals surface area contributed by atoms with Crippen molar-refractivity contribution in [3.05, 3.63) is 29.8 Å². The number of esters is 1. The number of carbonyl (C=O) groups is 1. The molecule has 2 saturated heterocycles. The minimum Gasteiger partial charge on any atom is -0.494 e. The zero-order chi connectivity index (χ0) is 28.8. The number of carbonyl (C=O) groups excluding carboxylic acids is 1. The van der Waals surface area contributed by atoms with Crippen LogP contribution in [0.15, 0.2) is 24.3 Å². The van der Waals surface area contributed by atoms with E-state index in [2.05, 4.69) is 11.7 Å². The lowest BCUT2D eigenvalue weighted by Crippen LogP contribution is -2.31. The number of halogens is 2. The van der Waals surface area contributed by atoms with Crippen LogP contribution in [0.25, 0.3) is 0 Å². The van der Waals surface area contributed by atoms with E-state index in [1.54, 1.807) is 0 Å². The predicted octanol–water partition coefficient (Wildman–Crippen LogP) is 4.47. The van der Waals surface area contributed by atoms with E-state index in [9.17, 15) is 23.8 Å². The number of hydrogen-bond acceptors (Lipinski definition) is 10. The van der Waals surface area contributed by atoms with Gasteiger partial charge in [-0.2, -0.15) is 0 Å². The molecule has 12 heteroatoms. The van der Waals surface area contributed by atoms with Crippen LogP contribution < -0.4 is 4.74 Å². The van der Waals surface area contributed by atoms with Crippen LogP contribution in [-0.2, 0) is 15.3 Å². The molecule has 2 heterocycles. The summed E-state index contributed by atoms with van der Waals surface area (Å²) in [6, 6.07) is 7.95. The zero-order valence-electron chi connectivity index (χ0n) is 22.5. The molecular formula is C27H42F2O7S3. The first-order valence-electron chi connectivity index (χ1n) is 13.4. The fraction of sp³-hybridized carbons (Fsp3) is 0.741. The molecule has 2 fully saturated rings. The maximum absolute atomic E-state index is 14.0. The number of aliphatic hydroxyl groups excluding tert-OH is 4. The van der Waals surface area contributed by atoms with Gasteiger partial charge in [0.15, 0.2) is 11.6 Å². The Balaban J connectivity index is 0.000000344. The summed E-state index contributed by atoms with van der Waals surface area (Å²) in [7, 11) is 0. The molecule has 7 nitrogen and oxygen atoms in total. The van der Waals surface area contributed by atoms with Gasteiger partial charge in [0.2, 0.25) is 0 Å². The Labute approximate surface area is 242 Å². The predicted molar refractivity (Wildman–Crippen MR) is 155 cm³/mol. The summed E-state index contributed by atoms with van der Waals surface area (Å²) in [5, 5.41) is 35.8. The topological polar surface area (TPSA) is 116 Å². The van der Waals surface area contributed by atoms with Crippen molar-refractivity contribution in [2.45, 2.75) is 103 Å². The number of ether oxygens (including phenoxy) is 2. The van der Waals surface area contributed by atoms with Gasteiger partial charge >= 0.3 is 5.97 Å². The van der Waals surface area contributed by atoms with Crippen LogP contribution in [0.3, 0.4) is 0 Å². The number of alkyl halides is 2. The van der Waals surface area contributed by atoms with Crippen LogP contribution in [0, 0.1) is 0 Å². The Morgan fingerprint density at radius 1 is 0.923 bits per heavy atom. The number of unbranched alkanes of at least 4 members (excludes halogenated alkanes) is 5. The maximum atomic E-state index is 14.0. The van der Waals surface area contributed by atoms with Crippen molar-refractivity contribution < 1.29 is 43.5 Å². The number of aliphatic hydroxyl groups is 4. The molecule has 4 N–H and O–H groups in total. The van der Waals surface area contributed by atoms with Crippen molar-refractivity contribution in [2.75, 3.05) is 19.8 Å². The molecule has 0 aromatic heterocycles. The minimum atomic E-state index is -1.62. The van der Waals surface area contributed by atoms with Gasteiger partial charge in [0, 0.05) is 12.7 Å². The molecule has 39 heavy (non-hydrogen) atoms. The third kappa shape index (κ3) is 11.6. The van der Waals surface area contributed by atoms with E-state index in [1.807, 2.05) is 24.3 Å². The van der Waals surface area contributed by atoms with E-state index < -0.39 is 46.5 Å². The van der Waals surface area contributed by atoms with Gasteiger partial charge < -0.3 is 29.9 Å². The third-order valence-electron chi connectivity index (χ3n) is 6.30. The lowest BCUT2D eigenvalue weighted by atomic mass is 10.1. The van der Waals surface area contributed by atoms with Crippen molar-refractivity contribution in [1.82, 2.24) is 0 Å². The summed E-state index contributed by atoms with van der Waals surface area (Å²) in [4.78, 5) is 10.5. The average Bonchev–Trinajstić information content (AvgIpc) is 3.36.